The van der Waals surface area contributed by atoms with Crippen LogP contribution in [-0.2, 0) is 0 Å². The molecular weight excluding hydrogens is 270 g/mol. The minimum atomic E-state index is 0.416. The van der Waals surface area contributed by atoms with E-state index in [2.05, 4.69) is 49.5 Å². The Kier molecular flexibility index (Phi) is 6.98. The average Bonchev–Trinajstić information content (AvgIpc) is 2.57. The Morgan fingerprint density at radius 1 is 1.18 bits per heavy atom. The third-order valence-electron chi connectivity index (χ3n) is 4.89. The van der Waals surface area contributed by atoms with Crippen LogP contribution in [0.15, 0.2) is 30.3 Å². The van der Waals surface area contributed by atoms with Crippen molar-refractivity contribution in [3.63, 3.8) is 0 Å². The van der Waals surface area contributed by atoms with E-state index in [1.165, 1.54) is 43.2 Å². The van der Waals surface area contributed by atoms with E-state index in [0.717, 1.165) is 24.6 Å². The summed E-state index contributed by atoms with van der Waals surface area (Å²) in [6.07, 6.45) is 10.1. The van der Waals surface area contributed by atoms with Gasteiger partial charge in [-0.05, 0) is 81.8 Å². The van der Waals surface area contributed by atoms with Gasteiger partial charge in [0.25, 0.3) is 0 Å². The number of hydrogen-bond donors (Lipinski definition) is 1. The van der Waals surface area contributed by atoms with E-state index >= 15 is 0 Å². The second-order valence-corrected chi connectivity index (χ2v) is 6.36. The molecule has 0 amide bonds. The maximum Gasteiger partial charge on any atom is 0.119 e. The van der Waals surface area contributed by atoms with Gasteiger partial charge in [-0.2, -0.15) is 0 Å². The van der Waals surface area contributed by atoms with Gasteiger partial charge in [-0.15, -0.1) is 0 Å². The number of hydrogen-bond acceptors (Lipinski definition) is 2. The van der Waals surface area contributed by atoms with Gasteiger partial charge in [0.2, 0.25) is 0 Å². The summed E-state index contributed by atoms with van der Waals surface area (Å²) >= 11 is 0. The molecule has 0 saturated heterocycles. The highest BCUT2D eigenvalue weighted by molar-refractivity contribution is 5.65. The van der Waals surface area contributed by atoms with Gasteiger partial charge < -0.3 is 10.1 Å². The number of allylic oxidation sites excluding steroid dienone is 1. The van der Waals surface area contributed by atoms with Crippen LogP contribution in [0.2, 0.25) is 0 Å². The first kappa shape index (κ1) is 17.1. The van der Waals surface area contributed by atoms with Gasteiger partial charge in [0.15, 0.2) is 0 Å². The fourth-order valence-electron chi connectivity index (χ4n) is 3.31. The molecule has 0 spiro atoms. The molecule has 0 atom stereocenters. The van der Waals surface area contributed by atoms with Crippen molar-refractivity contribution in [3.05, 3.63) is 35.9 Å². The molecule has 0 aliphatic heterocycles. The van der Waals surface area contributed by atoms with Crippen LogP contribution in [-0.4, -0.2) is 19.7 Å². The normalized spacial score (nSPS) is 22.6. The lowest BCUT2D eigenvalue weighted by molar-refractivity contribution is 0.130. The molecule has 1 aliphatic carbocycles. The zero-order valence-corrected chi connectivity index (χ0v) is 14.4. The second-order valence-electron chi connectivity index (χ2n) is 6.36. The predicted molar refractivity (Wildman–Crippen MR) is 95.3 cm³/mol. The highest BCUT2D eigenvalue weighted by atomic mass is 16.5. The summed E-state index contributed by atoms with van der Waals surface area (Å²) in [6, 6.07) is 8.64. The zero-order valence-electron chi connectivity index (χ0n) is 14.4. The summed E-state index contributed by atoms with van der Waals surface area (Å²) in [6.45, 7) is 5.43. The summed E-state index contributed by atoms with van der Waals surface area (Å²) in [5.74, 6) is 1.94. The number of benzene rings is 1. The van der Waals surface area contributed by atoms with Crippen molar-refractivity contribution < 1.29 is 4.74 Å². The van der Waals surface area contributed by atoms with Crippen molar-refractivity contribution in [2.24, 2.45) is 5.92 Å². The molecule has 0 radical (unpaired) electrons. The third kappa shape index (κ3) is 4.88. The molecule has 1 aliphatic rings. The first-order valence-corrected chi connectivity index (χ1v) is 8.83. The van der Waals surface area contributed by atoms with Gasteiger partial charge in [0, 0.05) is 0 Å². The van der Waals surface area contributed by atoms with Crippen molar-refractivity contribution in [1.82, 2.24) is 5.32 Å². The van der Waals surface area contributed by atoms with Crippen LogP contribution in [0.4, 0.5) is 0 Å². The fraction of sp³-hybridized carbons (Fsp3) is 0.600. The third-order valence-corrected chi connectivity index (χ3v) is 4.89. The molecule has 0 aromatic heterocycles. The quantitative estimate of drug-likeness (QED) is 0.761. The lowest BCUT2D eigenvalue weighted by Gasteiger charge is -2.28. The number of ether oxygens (including phenoxy) is 1. The van der Waals surface area contributed by atoms with Gasteiger partial charge in [0.1, 0.15) is 5.75 Å². The molecule has 1 fully saturated rings. The second kappa shape index (κ2) is 8.99. The molecule has 0 bridgehead atoms. The first-order chi connectivity index (χ1) is 10.8. The minimum absolute atomic E-state index is 0.416. The van der Waals surface area contributed by atoms with Crippen LogP contribution < -0.4 is 10.1 Å². The van der Waals surface area contributed by atoms with Crippen LogP contribution in [0.1, 0.15) is 57.9 Å². The SMILES string of the molecule is C/C=C(\CCNC)c1ccc(OC2CCC(CC)CC2)cc1. The summed E-state index contributed by atoms with van der Waals surface area (Å²) in [4.78, 5) is 0. The summed E-state index contributed by atoms with van der Waals surface area (Å²) in [5, 5.41) is 3.21. The Labute approximate surface area is 136 Å². The number of nitrogens with one attached hydrogen (secondary N) is 1. The van der Waals surface area contributed by atoms with Gasteiger partial charge in [-0.25, -0.2) is 0 Å². The van der Waals surface area contributed by atoms with Crippen LogP contribution >= 0.6 is 0 Å². The van der Waals surface area contributed by atoms with E-state index in [1.54, 1.807) is 0 Å². The highest BCUT2D eigenvalue weighted by Gasteiger charge is 2.21. The van der Waals surface area contributed by atoms with Crippen molar-refractivity contribution in [2.75, 3.05) is 13.6 Å². The molecule has 1 saturated carbocycles. The van der Waals surface area contributed by atoms with Crippen LogP contribution in [0.3, 0.4) is 0 Å². The van der Waals surface area contributed by atoms with E-state index in [1.807, 2.05) is 7.05 Å². The Bertz CT molecular complexity index is 455. The first-order valence-electron chi connectivity index (χ1n) is 8.83. The molecule has 1 aromatic rings. The summed E-state index contributed by atoms with van der Waals surface area (Å²) in [7, 11) is 2.00. The summed E-state index contributed by atoms with van der Waals surface area (Å²) < 4.78 is 6.17. The van der Waals surface area contributed by atoms with Crippen molar-refractivity contribution in [3.8, 4) is 5.75 Å². The monoisotopic (exact) mass is 301 g/mol. The van der Waals surface area contributed by atoms with E-state index in [9.17, 15) is 0 Å². The van der Waals surface area contributed by atoms with Gasteiger partial charge >= 0.3 is 0 Å². The lowest BCUT2D eigenvalue weighted by atomic mass is 9.86. The molecule has 122 valence electrons. The lowest BCUT2D eigenvalue weighted by Crippen LogP contribution is -2.23. The van der Waals surface area contributed by atoms with Crippen molar-refractivity contribution in [1.29, 1.82) is 0 Å². The zero-order chi connectivity index (χ0) is 15.8. The summed E-state index contributed by atoms with van der Waals surface area (Å²) in [5.41, 5.74) is 2.70. The smallest absolute Gasteiger partial charge is 0.119 e. The molecule has 0 heterocycles. The van der Waals surface area contributed by atoms with Gasteiger partial charge in [-0.3, -0.25) is 0 Å². The minimum Gasteiger partial charge on any atom is -0.490 e. The van der Waals surface area contributed by atoms with Gasteiger partial charge in [0.05, 0.1) is 6.10 Å². The Morgan fingerprint density at radius 3 is 2.41 bits per heavy atom. The molecule has 2 heteroatoms. The van der Waals surface area contributed by atoms with E-state index in [-0.39, 0.29) is 0 Å². The van der Waals surface area contributed by atoms with E-state index in [4.69, 9.17) is 4.74 Å². The van der Waals surface area contributed by atoms with E-state index < -0.39 is 0 Å². The van der Waals surface area contributed by atoms with Crippen molar-refractivity contribution in [2.45, 2.75) is 58.5 Å². The average molecular weight is 301 g/mol. The maximum atomic E-state index is 6.17. The van der Waals surface area contributed by atoms with Crippen molar-refractivity contribution >= 4 is 5.57 Å². The molecule has 22 heavy (non-hydrogen) atoms. The Hall–Kier alpha value is -1.28. The maximum absolute atomic E-state index is 6.17. The molecule has 0 unspecified atom stereocenters. The fourth-order valence-corrected chi connectivity index (χ4v) is 3.31. The number of rotatable bonds is 7. The highest BCUT2D eigenvalue weighted by Crippen LogP contribution is 2.30. The molecule has 1 N–H and O–H groups in total. The Morgan fingerprint density at radius 2 is 1.86 bits per heavy atom. The largest absolute Gasteiger partial charge is 0.490 e. The van der Waals surface area contributed by atoms with Crippen LogP contribution in [0, 0.1) is 5.92 Å². The predicted octanol–water partition coefficient (Wildman–Crippen LogP) is 5.05. The standard InChI is InChI=1S/C20H31NO/c1-4-16-6-10-19(11-7-16)22-20-12-8-18(9-13-20)17(5-2)14-15-21-3/h5,8-9,12-13,16,19,21H,4,6-7,10-11,14-15H2,1-3H3/b17-5+. The molecular formula is C20H31NO. The van der Waals surface area contributed by atoms with Crippen LogP contribution in [0.25, 0.3) is 5.57 Å². The topological polar surface area (TPSA) is 21.3 Å². The molecule has 1 aromatic carbocycles. The van der Waals surface area contributed by atoms with Crippen LogP contribution in [0.5, 0.6) is 5.75 Å². The van der Waals surface area contributed by atoms with E-state index in [0.29, 0.717) is 6.10 Å². The molecule has 2 rings (SSSR count). The molecule has 2 nitrogen and oxygen atoms in total. The van der Waals surface area contributed by atoms with Gasteiger partial charge in [-0.1, -0.05) is 31.6 Å². The Balaban J connectivity index is 1.89.